The number of aliphatic hydroxyl groups excluding tert-OH is 1. The van der Waals surface area contributed by atoms with Crippen molar-refractivity contribution in [2.24, 2.45) is 0 Å². The predicted molar refractivity (Wildman–Crippen MR) is 46.2 cm³/mol. The lowest BCUT2D eigenvalue weighted by atomic mass is 10.3. The third-order valence-corrected chi connectivity index (χ3v) is 1.52. The first-order chi connectivity index (χ1) is 5.84. The van der Waals surface area contributed by atoms with Crippen molar-refractivity contribution in [3.8, 4) is 5.75 Å². The SMILES string of the molecule is Cc1ncccc1OCCCO. The summed E-state index contributed by atoms with van der Waals surface area (Å²) in [5.41, 5.74) is 0.885. The van der Waals surface area contributed by atoms with Gasteiger partial charge in [0.05, 0.1) is 12.3 Å². The summed E-state index contributed by atoms with van der Waals surface area (Å²) in [7, 11) is 0. The monoisotopic (exact) mass is 167 g/mol. The Bertz CT molecular complexity index is 238. The third kappa shape index (κ3) is 2.51. The molecule has 0 aliphatic heterocycles. The van der Waals surface area contributed by atoms with Crippen LogP contribution in [0.3, 0.4) is 0 Å². The molecular weight excluding hydrogens is 154 g/mol. The number of aryl methyl sites for hydroxylation is 1. The maximum Gasteiger partial charge on any atom is 0.140 e. The maximum absolute atomic E-state index is 8.52. The molecular formula is C9H13NO2. The molecule has 12 heavy (non-hydrogen) atoms. The van der Waals surface area contributed by atoms with Crippen LogP contribution >= 0.6 is 0 Å². The molecule has 1 aromatic rings. The average Bonchev–Trinajstić information content (AvgIpc) is 2.09. The van der Waals surface area contributed by atoms with Crippen molar-refractivity contribution in [2.75, 3.05) is 13.2 Å². The highest BCUT2D eigenvalue weighted by atomic mass is 16.5. The molecule has 0 radical (unpaired) electrons. The van der Waals surface area contributed by atoms with Gasteiger partial charge in [-0.15, -0.1) is 0 Å². The molecule has 1 N–H and O–H groups in total. The van der Waals surface area contributed by atoms with Gasteiger partial charge in [-0.2, -0.15) is 0 Å². The van der Waals surface area contributed by atoms with Crippen LogP contribution in [0.15, 0.2) is 18.3 Å². The number of aliphatic hydroxyl groups is 1. The molecule has 0 fully saturated rings. The molecule has 0 saturated heterocycles. The van der Waals surface area contributed by atoms with Crippen LogP contribution in [0.1, 0.15) is 12.1 Å². The molecule has 3 heteroatoms. The maximum atomic E-state index is 8.52. The van der Waals surface area contributed by atoms with Gasteiger partial charge < -0.3 is 9.84 Å². The Morgan fingerprint density at radius 1 is 1.58 bits per heavy atom. The predicted octanol–water partition coefficient (Wildman–Crippen LogP) is 1.15. The van der Waals surface area contributed by atoms with Crippen molar-refractivity contribution in [3.05, 3.63) is 24.0 Å². The van der Waals surface area contributed by atoms with Gasteiger partial charge in [0.15, 0.2) is 0 Å². The first-order valence-electron chi connectivity index (χ1n) is 4.00. The summed E-state index contributed by atoms with van der Waals surface area (Å²) in [5.74, 6) is 0.797. The molecule has 0 amide bonds. The van der Waals surface area contributed by atoms with Gasteiger partial charge in [-0.05, 0) is 19.1 Å². The first kappa shape index (κ1) is 9.00. The van der Waals surface area contributed by atoms with Gasteiger partial charge in [-0.1, -0.05) is 0 Å². The van der Waals surface area contributed by atoms with E-state index in [2.05, 4.69) is 4.98 Å². The topological polar surface area (TPSA) is 42.4 Å². The standard InChI is InChI=1S/C9H13NO2/c1-8-9(4-2-5-10-8)12-7-3-6-11/h2,4-5,11H,3,6-7H2,1H3. The van der Waals surface area contributed by atoms with E-state index in [4.69, 9.17) is 9.84 Å². The summed E-state index contributed by atoms with van der Waals surface area (Å²) in [6.45, 7) is 2.61. The number of hydrogen-bond acceptors (Lipinski definition) is 3. The number of hydrogen-bond donors (Lipinski definition) is 1. The smallest absolute Gasteiger partial charge is 0.140 e. The summed E-state index contributed by atoms with van der Waals surface area (Å²) in [4.78, 5) is 4.07. The lowest BCUT2D eigenvalue weighted by molar-refractivity contribution is 0.232. The highest BCUT2D eigenvalue weighted by Crippen LogP contribution is 2.13. The van der Waals surface area contributed by atoms with Crippen molar-refractivity contribution in [2.45, 2.75) is 13.3 Å². The summed E-state index contributed by atoms with van der Waals surface area (Å²) < 4.78 is 5.35. The molecule has 1 aromatic heterocycles. The van der Waals surface area contributed by atoms with E-state index < -0.39 is 0 Å². The summed E-state index contributed by atoms with van der Waals surface area (Å²) in [6, 6.07) is 3.71. The normalized spacial score (nSPS) is 9.83. The highest BCUT2D eigenvalue weighted by molar-refractivity contribution is 5.25. The third-order valence-electron chi connectivity index (χ3n) is 1.52. The molecule has 0 aliphatic carbocycles. The molecule has 0 bridgehead atoms. The van der Waals surface area contributed by atoms with Crippen LogP contribution in [0.4, 0.5) is 0 Å². The molecule has 0 aliphatic rings. The average molecular weight is 167 g/mol. The fourth-order valence-electron chi connectivity index (χ4n) is 0.869. The van der Waals surface area contributed by atoms with Crippen molar-refractivity contribution < 1.29 is 9.84 Å². The van der Waals surface area contributed by atoms with Gasteiger partial charge in [0.2, 0.25) is 0 Å². The van der Waals surface area contributed by atoms with E-state index in [9.17, 15) is 0 Å². The summed E-state index contributed by atoms with van der Waals surface area (Å²) in [6.07, 6.45) is 2.39. The molecule has 66 valence electrons. The summed E-state index contributed by atoms with van der Waals surface area (Å²) >= 11 is 0. The molecule has 0 atom stereocenters. The van der Waals surface area contributed by atoms with Gasteiger partial charge in [0.1, 0.15) is 5.75 Å². The second kappa shape index (κ2) is 4.72. The molecule has 0 saturated carbocycles. The van der Waals surface area contributed by atoms with Crippen LogP contribution in [-0.2, 0) is 0 Å². The van der Waals surface area contributed by atoms with E-state index in [0.29, 0.717) is 13.0 Å². The molecule has 3 nitrogen and oxygen atoms in total. The fraction of sp³-hybridized carbons (Fsp3) is 0.444. The van der Waals surface area contributed by atoms with Crippen LogP contribution in [0, 0.1) is 6.92 Å². The fourth-order valence-corrected chi connectivity index (χ4v) is 0.869. The Morgan fingerprint density at radius 3 is 3.08 bits per heavy atom. The lowest BCUT2D eigenvalue weighted by Gasteiger charge is -2.06. The Labute approximate surface area is 72.0 Å². The minimum absolute atomic E-state index is 0.166. The van der Waals surface area contributed by atoms with Gasteiger partial charge in [-0.25, -0.2) is 0 Å². The van der Waals surface area contributed by atoms with Crippen LogP contribution in [0.5, 0.6) is 5.75 Å². The molecule has 1 rings (SSSR count). The number of rotatable bonds is 4. The Hall–Kier alpha value is -1.09. The van der Waals surface area contributed by atoms with E-state index in [1.165, 1.54) is 0 Å². The van der Waals surface area contributed by atoms with Gasteiger partial charge >= 0.3 is 0 Å². The molecule has 1 heterocycles. The lowest BCUT2D eigenvalue weighted by Crippen LogP contribution is -2.01. The largest absolute Gasteiger partial charge is 0.492 e. The van der Waals surface area contributed by atoms with Crippen LogP contribution in [0.25, 0.3) is 0 Å². The first-order valence-corrected chi connectivity index (χ1v) is 4.00. The van der Waals surface area contributed by atoms with E-state index in [1.807, 2.05) is 19.1 Å². The van der Waals surface area contributed by atoms with Gasteiger partial charge in [0.25, 0.3) is 0 Å². The van der Waals surface area contributed by atoms with Gasteiger partial charge in [-0.3, -0.25) is 4.98 Å². The molecule has 0 unspecified atom stereocenters. The summed E-state index contributed by atoms with van der Waals surface area (Å²) in [5, 5.41) is 8.52. The van der Waals surface area contributed by atoms with Crippen LogP contribution in [-0.4, -0.2) is 23.3 Å². The number of nitrogens with zero attached hydrogens (tertiary/aromatic N) is 1. The van der Waals surface area contributed by atoms with E-state index >= 15 is 0 Å². The highest BCUT2D eigenvalue weighted by Gasteiger charge is 1.96. The second-order valence-electron chi connectivity index (χ2n) is 2.51. The molecule has 0 aromatic carbocycles. The van der Waals surface area contributed by atoms with E-state index in [-0.39, 0.29) is 6.61 Å². The Kier molecular flexibility index (Phi) is 3.54. The van der Waals surface area contributed by atoms with Gasteiger partial charge in [0, 0.05) is 19.2 Å². The second-order valence-corrected chi connectivity index (χ2v) is 2.51. The zero-order valence-corrected chi connectivity index (χ0v) is 7.16. The Morgan fingerprint density at radius 2 is 2.42 bits per heavy atom. The number of ether oxygens (including phenoxy) is 1. The van der Waals surface area contributed by atoms with Crippen molar-refractivity contribution >= 4 is 0 Å². The van der Waals surface area contributed by atoms with E-state index in [0.717, 1.165) is 11.4 Å². The minimum atomic E-state index is 0.166. The van der Waals surface area contributed by atoms with Crippen LogP contribution in [0.2, 0.25) is 0 Å². The Balaban J connectivity index is 2.46. The van der Waals surface area contributed by atoms with Crippen molar-refractivity contribution in [1.29, 1.82) is 0 Å². The van der Waals surface area contributed by atoms with Crippen LogP contribution < -0.4 is 4.74 Å². The quantitative estimate of drug-likeness (QED) is 0.684. The van der Waals surface area contributed by atoms with Crippen molar-refractivity contribution in [3.63, 3.8) is 0 Å². The van der Waals surface area contributed by atoms with E-state index in [1.54, 1.807) is 6.20 Å². The minimum Gasteiger partial charge on any atom is -0.492 e. The number of aromatic nitrogens is 1. The molecule has 0 spiro atoms. The zero-order chi connectivity index (χ0) is 8.81. The zero-order valence-electron chi connectivity index (χ0n) is 7.16. The van der Waals surface area contributed by atoms with Crippen molar-refractivity contribution in [1.82, 2.24) is 4.98 Å². The number of pyridine rings is 1.